The van der Waals surface area contributed by atoms with Crippen molar-refractivity contribution in [2.75, 3.05) is 28.4 Å². The monoisotopic (exact) mass is 524 g/mol. The van der Waals surface area contributed by atoms with Gasteiger partial charge in [-0.3, -0.25) is 9.89 Å². The van der Waals surface area contributed by atoms with Gasteiger partial charge in [0.05, 0.1) is 41.2 Å². The van der Waals surface area contributed by atoms with Crippen LogP contribution in [-0.2, 0) is 11.3 Å². The second kappa shape index (κ2) is 12.2. The van der Waals surface area contributed by atoms with E-state index in [4.69, 9.17) is 23.4 Å². The number of hydrogen-bond donors (Lipinski definition) is 2. The van der Waals surface area contributed by atoms with Crippen molar-refractivity contribution in [3.8, 4) is 34.4 Å². The smallest absolute Gasteiger partial charge is 0.221 e. The van der Waals surface area contributed by atoms with Crippen molar-refractivity contribution in [1.82, 2.24) is 20.5 Å². The molecule has 1 atom stereocenters. The van der Waals surface area contributed by atoms with E-state index in [0.29, 0.717) is 40.5 Å². The van der Waals surface area contributed by atoms with Gasteiger partial charge in [-0.2, -0.15) is 0 Å². The molecule has 0 radical (unpaired) electrons. The summed E-state index contributed by atoms with van der Waals surface area (Å²) in [5, 5.41) is 10.4. The van der Waals surface area contributed by atoms with E-state index in [-0.39, 0.29) is 17.6 Å². The van der Waals surface area contributed by atoms with Gasteiger partial charge in [-0.15, -0.1) is 5.10 Å². The minimum absolute atomic E-state index is 0.149. The third kappa shape index (κ3) is 6.36. The highest BCUT2D eigenvalue weighted by Gasteiger charge is 2.24. The highest BCUT2D eigenvalue weighted by molar-refractivity contribution is 7.99. The number of methoxy groups -OCH3 is 4. The van der Waals surface area contributed by atoms with Crippen LogP contribution in [0.1, 0.15) is 23.0 Å². The fourth-order valence-corrected chi connectivity index (χ4v) is 4.66. The Morgan fingerprint density at radius 2 is 1.76 bits per heavy atom. The second-order valence-corrected chi connectivity index (χ2v) is 8.99. The van der Waals surface area contributed by atoms with Gasteiger partial charge in [0.1, 0.15) is 11.5 Å². The molecule has 11 heteroatoms. The predicted molar refractivity (Wildman–Crippen MR) is 138 cm³/mol. The third-order valence-corrected chi connectivity index (χ3v) is 6.66. The molecular weight excluding hydrogens is 496 g/mol. The zero-order valence-electron chi connectivity index (χ0n) is 20.9. The van der Waals surface area contributed by atoms with Crippen LogP contribution in [0, 0.1) is 0 Å². The van der Waals surface area contributed by atoms with E-state index in [1.54, 1.807) is 46.8 Å². The van der Waals surface area contributed by atoms with E-state index in [0.717, 1.165) is 16.9 Å². The Kier molecular flexibility index (Phi) is 8.57. The van der Waals surface area contributed by atoms with Crippen LogP contribution < -0.4 is 24.3 Å². The molecular formula is C26H28N4O6S. The van der Waals surface area contributed by atoms with E-state index in [9.17, 15) is 4.79 Å². The first-order chi connectivity index (χ1) is 18.0. The second-order valence-electron chi connectivity index (χ2n) is 7.82. The summed E-state index contributed by atoms with van der Waals surface area (Å²) in [5.74, 6) is 3.33. The largest absolute Gasteiger partial charge is 0.497 e. The normalized spacial score (nSPS) is 11.6. The quantitative estimate of drug-likeness (QED) is 0.255. The maximum Gasteiger partial charge on any atom is 0.221 e. The molecule has 2 N–H and O–H groups in total. The maximum atomic E-state index is 12.9. The number of benzene rings is 2. The highest BCUT2D eigenvalue weighted by atomic mass is 32.2. The Labute approximate surface area is 218 Å². The van der Waals surface area contributed by atoms with Gasteiger partial charge in [-0.05, 0) is 54.1 Å². The Morgan fingerprint density at radius 1 is 1.03 bits per heavy atom. The Balaban J connectivity index is 1.60. The molecule has 2 heterocycles. The van der Waals surface area contributed by atoms with Crippen LogP contribution in [-0.4, -0.2) is 49.5 Å². The van der Waals surface area contributed by atoms with Gasteiger partial charge >= 0.3 is 0 Å². The molecule has 10 nitrogen and oxygen atoms in total. The predicted octanol–water partition coefficient (Wildman–Crippen LogP) is 4.64. The molecule has 2 aromatic heterocycles. The molecule has 0 fully saturated rings. The van der Waals surface area contributed by atoms with Crippen molar-refractivity contribution in [3.63, 3.8) is 0 Å². The third-order valence-electron chi connectivity index (χ3n) is 5.55. The van der Waals surface area contributed by atoms with Gasteiger partial charge in [-0.25, -0.2) is 4.98 Å². The van der Waals surface area contributed by atoms with Crippen LogP contribution in [0.25, 0.3) is 11.4 Å². The lowest BCUT2D eigenvalue weighted by atomic mass is 10.1. The minimum atomic E-state index is -0.357. The Hall–Kier alpha value is -4.12. The molecule has 37 heavy (non-hydrogen) atoms. The lowest BCUT2D eigenvalue weighted by Crippen LogP contribution is -2.24. The molecule has 194 valence electrons. The van der Waals surface area contributed by atoms with E-state index < -0.39 is 0 Å². The van der Waals surface area contributed by atoms with Gasteiger partial charge in [-0.1, -0.05) is 11.8 Å². The van der Waals surface area contributed by atoms with Gasteiger partial charge in [0.15, 0.2) is 17.3 Å². The van der Waals surface area contributed by atoms with Gasteiger partial charge < -0.3 is 28.7 Å². The number of carbonyl (C=O) groups is 1. The van der Waals surface area contributed by atoms with Gasteiger partial charge in [0.25, 0.3) is 0 Å². The average molecular weight is 525 g/mol. The summed E-state index contributed by atoms with van der Waals surface area (Å²) < 4.78 is 27.0. The molecule has 0 aliphatic carbocycles. The van der Waals surface area contributed by atoms with Crippen LogP contribution in [0.2, 0.25) is 0 Å². The molecule has 0 bridgehead atoms. The van der Waals surface area contributed by atoms with Crippen molar-refractivity contribution in [2.24, 2.45) is 0 Å². The first kappa shape index (κ1) is 26.0. The number of H-pyrrole nitrogens is 1. The van der Waals surface area contributed by atoms with Crippen LogP contribution in [0.5, 0.6) is 23.0 Å². The van der Waals surface area contributed by atoms with Crippen LogP contribution in [0.3, 0.4) is 0 Å². The summed E-state index contributed by atoms with van der Waals surface area (Å²) in [5.41, 5.74) is 1.66. The summed E-state index contributed by atoms with van der Waals surface area (Å²) >= 11 is 1.35. The number of nitrogens with one attached hydrogen (secondary N) is 2. The lowest BCUT2D eigenvalue weighted by molar-refractivity contribution is -0.121. The molecule has 0 unspecified atom stereocenters. The summed E-state index contributed by atoms with van der Waals surface area (Å²) in [6, 6.07) is 14.7. The first-order valence-corrected chi connectivity index (χ1v) is 12.2. The van der Waals surface area contributed by atoms with E-state index >= 15 is 0 Å². The van der Waals surface area contributed by atoms with Gasteiger partial charge in [0, 0.05) is 17.2 Å². The van der Waals surface area contributed by atoms with E-state index in [1.807, 2.05) is 36.4 Å². The summed E-state index contributed by atoms with van der Waals surface area (Å²) in [6.45, 7) is 0.292. The molecule has 0 spiro atoms. The number of carbonyl (C=O) groups excluding carboxylic acids is 1. The number of rotatable bonds is 12. The maximum absolute atomic E-state index is 12.9. The van der Waals surface area contributed by atoms with E-state index in [2.05, 4.69) is 20.5 Å². The standard InChI is InChI=1S/C26H28N4O6S/c1-32-18-9-7-16(8-10-18)25-28-26(30-29-25)37-22(14-23(31)27-15-19-6-5-11-36-19)17-12-20(33-2)24(35-4)21(13-17)34-3/h5-13,22H,14-15H2,1-4H3,(H,27,31)(H,28,29,30)/t22-/m1/s1. The Morgan fingerprint density at radius 3 is 2.35 bits per heavy atom. The molecule has 0 aliphatic rings. The summed E-state index contributed by atoms with van der Waals surface area (Å²) in [6.07, 6.45) is 1.72. The molecule has 4 aromatic rings. The fourth-order valence-electron chi connectivity index (χ4n) is 3.66. The molecule has 1 amide bonds. The van der Waals surface area contributed by atoms with Crippen LogP contribution in [0.4, 0.5) is 0 Å². The topological polar surface area (TPSA) is 121 Å². The molecule has 0 aliphatic heterocycles. The highest BCUT2D eigenvalue weighted by Crippen LogP contribution is 2.44. The fraction of sp³-hybridized carbons (Fsp3) is 0.269. The molecule has 0 saturated carbocycles. The Bertz CT molecular complexity index is 1280. The number of aromatic amines is 1. The SMILES string of the molecule is COc1ccc(-c2nc(S[C@H](CC(=O)NCc3ccco3)c3cc(OC)c(OC)c(OC)c3)n[nH]2)cc1. The molecule has 2 aromatic carbocycles. The van der Waals surface area contributed by atoms with Gasteiger partial charge in [0.2, 0.25) is 16.8 Å². The van der Waals surface area contributed by atoms with Crippen molar-refractivity contribution in [3.05, 3.63) is 66.1 Å². The molecule has 4 rings (SSSR count). The number of thioether (sulfide) groups is 1. The summed E-state index contributed by atoms with van der Waals surface area (Å²) in [4.78, 5) is 17.6. The van der Waals surface area contributed by atoms with Crippen molar-refractivity contribution in [1.29, 1.82) is 0 Å². The average Bonchev–Trinajstić information content (AvgIpc) is 3.63. The number of amides is 1. The van der Waals surface area contributed by atoms with E-state index in [1.165, 1.54) is 11.8 Å². The first-order valence-electron chi connectivity index (χ1n) is 11.4. The number of aromatic nitrogens is 3. The lowest BCUT2D eigenvalue weighted by Gasteiger charge is -2.19. The van der Waals surface area contributed by atoms with Crippen LogP contribution in [0.15, 0.2) is 64.4 Å². The van der Waals surface area contributed by atoms with Crippen molar-refractivity contribution >= 4 is 17.7 Å². The molecule has 0 saturated heterocycles. The summed E-state index contributed by atoms with van der Waals surface area (Å²) in [7, 11) is 6.26. The number of furan rings is 1. The van der Waals surface area contributed by atoms with Crippen molar-refractivity contribution in [2.45, 2.75) is 23.4 Å². The number of hydrogen-bond acceptors (Lipinski definition) is 9. The zero-order valence-corrected chi connectivity index (χ0v) is 21.8. The van der Waals surface area contributed by atoms with Crippen molar-refractivity contribution < 1.29 is 28.2 Å². The zero-order chi connectivity index (χ0) is 26.2. The van der Waals surface area contributed by atoms with Crippen LogP contribution >= 0.6 is 11.8 Å². The number of ether oxygens (including phenoxy) is 4. The number of nitrogens with zero attached hydrogens (tertiary/aromatic N) is 2. The minimum Gasteiger partial charge on any atom is -0.497 e.